The van der Waals surface area contributed by atoms with Gasteiger partial charge in [-0.25, -0.2) is 0 Å². The van der Waals surface area contributed by atoms with Crippen molar-refractivity contribution in [3.8, 4) is 0 Å². The minimum Gasteiger partial charge on any atom is -0.314 e. The fourth-order valence-corrected chi connectivity index (χ4v) is 2.55. The standard InChI is InChI=1S/C14H21ClN2.2ClH/c1-12(11-17-8-6-16-7-9-17)10-13-2-4-14(15)5-3-13;;/h2-5,12,16H,6-11H2,1H3;2*1H. The van der Waals surface area contributed by atoms with E-state index in [4.69, 9.17) is 11.6 Å². The van der Waals surface area contributed by atoms with Crippen LogP contribution in [-0.4, -0.2) is 37.6 Å². The van der Waals surface area contributed by atoms with Crippen molar-refractivity contribution < 1.29 is 0 Å². The summed E-state index contributed by atoms with van der Waals surface area (Å²) in [7, 11) is 0. The molecule has 19 heavy (non-hydrogen) atoms. The molecule has 2 nitrogen and oxygen atoms in total. The van der Waals surface area contributed by atoms with Gasteiger partial charge >= 0.3 is 0 Å². The van der Waals surface area contributed by atoms with Gasteiger partial charge in [0.05, 0.1) is 0 Å². The van der Waals surface area contributed by atoms with Crippen LogP contribution in [0.25, 0.3) is 0 Å². The first-order chi connectivity index (χ1) is 8.24. The van der Waals surface area contributed by atoms with Gasteiger partial charge in [0, 0.05) is 37.7 Å². The Morgan fingerprint density at radius 3 is 2.32 bits per heavy atom. The molecule has 1 aromatic carbocycles. The molecule has 110 valence electrons. The molecular weight excluding hydrogens is 303 g/mol. The zero-order chi connectivity index (χ0) is 12.1. The van der Waals surface area contributed by atoms with E-state index in [0.717, 1.165) is 24.5 Å². The molecule has 0 bridgehead atoms. The summed E-state index contributed by atoms with van der Waals surface area (Å²) in [5.41, 5.74) is 1.39. The van der Waals surface area contributed by atoms with Crippen LogP contribution in [0.5, 0.6) is 0 Å². The van der Waals surface area contributed by atoms with Gasteiger partial charge in [-0.3, -0.25) is 0 Å². The molecule has 1 atom stereocenters. The van der Waals surface area contributed by atoms with Crippen molar-refractivity contribution >= 4 is 36.4 Å². The molecule has 1 saturated heterocycles. The van der Waals surface area contributed by atoms with Crippen molar-refractivity contribution in [3.63, 3.8) is 0 Å². The first-order valence-corrected chi connectivity index (χ1v) is 6.79. The Morgan fingerprint density at radius 1 is 1.16 bits per heavy atom. The summed E-state index contributed by atoms with van der Waals surface area (Å²) in [6.45, 7) is 8.16. The lowest BCUT2D eigenvalue weighted by molar-refractivity contribution is 0.211. The van der Waals surface area contributed by atoms with E-state index in [-0.39, 0.29) is 24.8 Å². The SMILES string of the molecule is CC(Cc1ccc(Cl)cc1)CN1CCNCC1.Cl.Cl. The summed E-state index contributed by atoms with van der Waals surface area (Å²) in [6.07, 6.45) is 1.14. The van der Waals surface area contributed by atoms with Crippen LogP contribution in [0.4, 0.5) is 0 Å². The number of hydrogen-bond acceptors (Lipinski definition) is 2. The number of halogens is 3. The Labute approximate surface area is 133 Å². The maximum absolute atomic E-state index is 5.89. The minimum absolute atomic E-state index is 0. The Kier molecular flexibility index (Phi) is 9.85. The van der Waals surface area contributed by atoms with Gasteiger partial charge in [0.15, 0.2) is 0 Å². The van der Waals surface area contributed by atoms with Crippen LogP contribution >= 0.6 is 36.4 Å². The Morgan fingerprint density at radius 2 is 1.74 bits per heavy atom. The summed E-state index contributed by atoms with van der Waals surface area (Å²) in [4.78, 5) is 2.55. The monoisotopic (exact) mass is 324 g/mol. The predicted molar refractivity (Wildman–Crippen MR) is 88.1 cm³/mol. The van der Waals surface area contributed by atoms with Crippen molar-refractivity contribution in [3.05, 3.63) is 34.9 Å². The van der Waals surface area contributed by atoms with E-state index in [1.165, 1.54) is 25.2 Å². The molecule has 1 aliphatic rings. The number of hydrogen-bond donors (Lipinski definition) is 1. The molecule has 1 fully saturated rings. The average molecular weight is 326 g/mol. The molecule has 2 rings (SSSR count). The predicted octanol–water partition coefficient (Wildman–Crippen LogP) is 3.27. The number of piperazine rings is 1. The maximum atomic E-state index is 5.89. The van der Waals surface area contributed by atoms with E-state index in [1.54, 1.807) is 0 Å². The second kappa shape index (κ2) is 9.84. The van der Waals surface area contributed by atoms with Crippen LogP contribution in [0.3, 0.4) is 0 Å². The van der Waals surface area contributed by atoms with Crippen molar-refractivity contribution in [2.24, 2.45) is 5.92 Å². The summed E-state index contributed by atoms with van der Waals surface area (Å²) < 4.78 is 0. The zero-order valence-corrected chi connectivity index (χ0v) is 13.7. The van der Waals surface area contributed by atoms with Gasteiger partial charge in [0.25, 0.3) is 0 Å². The van der Waals surface area contributed by atoms with Gasteiger partial charge in [0.2, 0.25) is 0 Å². The topological polar surface area (TPSA) is 15.3 Å². The summed E-state index contributed by atoms with van der Waals surface area (Å²) in [6, 6.07) is 8.23. The highest BCUT2D eigenvalue weighted by Gasteiger charge is 2.13. The molecule has 1 unspecified atom stereocenters. The molecule has 0 aromatic heterocycles. The Hall–Kier alpha value is 0.01000. The van der Waals surface area contributed by atoms with Crippen molar-refractivity contribution in [2.45, 2.75) is 13.3 Å². The van der Waals surface area contributed by atoms with E-state index in [2.05, 4.69) is 29.3 Å². The first kappa shape index (κ1) is 19.0. The summed E-state index contributed by atoms with van der Waals surface area (Å²) in [5, 5.41) is 4.21. The molecule has 0 aliphatic carbocycles. The van der Waals surface area contributed by atoms with E-state index < -0.39 is 0 Å². The molecule has 0 amide bonds. The van der Waals surface area contributed by atoms with E-state index in [0.29, 0.717) is 5.92 Å². The maximum Gasteiger partial charge on any atom is 0.0406 e. The van der Waals surface area contributed by atoms with Crippen LogP contribution in [-0.2, 0) is 6.42 Å². The van der Waals surface area contributed by atoms with Crippen LogP contribution in [0.15, 0.2) is 24.3 Å². The molecule has 0 spiro atoms. The lowest BCUT2D eigenvalue weighted by Crippen LogP contribution is -2.45. The highest BCUT2D eigenvalue weighted by atomic mass is 35.5. The summed E-state index contributed by atoms with van der Waals surface area (Å²) in [5.74, 6) is 0.703. The fraction of sp³-hybridized carbons (Fsp3) is 0.571. The van der Waals surface area contributed by atoms with Crippen molar-refractivity contribution in [1.82, 2.24) is 10.2 Å². The minimum atomic E-state index is 0. The zero-order valence-electron chi connectivity index (χ0n) is 11.3. The Balaban J connectivity index is 0.00000162. The van der Waals surface area contributed by atoms with E-state index >= 15 is 0 Å². The van der Waals surface area contributed by atoms with Crippen LogP contribution in [0.1, 0.15) is 12.5 Å². The number of nitrogens with one attached hydrogen (secondary N) is 1. The average Bonchev–Trinajstić information content (AvgIpc) is 2.33. The smallest absolute Gasteiger partial charge is 0.0406 e. The Bertz CT molecular complexity index is 337. The fourth-order valence-electron chi connectivity index (χ4n) is 2.42. The third-order valence-electron chi connectivity index (χ3n) is 3.28. The van der Waals surface area contributed by atoms with Gasteiger partial charge < -0.3 is 10.2 Å². The molecule has 0 radical (unpaired) electrons. The molecule has 1 heterocycles. The second-order valence-corrected chi connectivity index (χ2v) is 5.42. The molecule has 1 aliphatic heterocycles. The normalized spacial score (nSPS) is 17.2. The molecule has 1 aromatic rings. The highest BCUT2D eigenvalue weighted by molar-refractivity contribution is 6.30. The second-order valence-electron chi connectivity index (χ2n) is 4.99. The third kappa shape index (κ3) is 6.82. The van der Waals surface area contributed by atoms with Gasteiger partial charge in [-0.2, -0.15) is 0 Å². The quantitative estimate of drug-likeness (QED) is 0.914. The van der Waals surface area contributed by atoms with Gasteiger partial charge in [-0.1, -0.05) is 30.7 Å². The molecule has 0 saturated carbocycles. The van der Waals surface area contributed by atoms with Gasteiger partial charge in [0.1, 0.15) is 0 Å². The van der Waals surface area contributed by atoms with Crippen LogP contribution < -0.4 is 5.32 Å². The highest BCUT2D eigenvalue weighted by Crippen LogP contribution is 2.14. The summed E-state index contributed by atoms with van der Waals surface area (Å²) >= 11 is 5.89. The van der Waals surface area contributed by atoms with Crippen LogP contribution in [0.2, 0.25) is 5.02 Å². The van der Waals surface area contributed by atoms with Crippen molar-refractivity contribution in [1.29, 1.82) is 0 Å². The lowest BCUT2D eigenvalue weighted by Gasteiger charge is -2.29. The van der Waals surface area contributed by atoms with Gasteiger partial charge in [-0.05, 0) is 30.0 Å². The van der Waals surface area contributed by atoms with Crippen LogP contribution in [0, 0.1) is 5.92 Å². The van der Waals surface area contributed by atoms with E-state index in [9.17, 15) is 0 Å². The molecular formula is C14H23Cl3N2. The largest absolute Gasteiger partial charge is 0.314 e. The number of nitrogens with zero attached hydrogens (tertiary/aromatic N) is 1. The first-order valence-electron chi connectivity index (χ1n) is 6.41. The number of rotatable bonds is 4. The molecule has 5 heteroatoms. The van der Waals surface area contributed by atoms with Crippen molar-refractivity contribution in [2.75, 3.05) is 32.7 Å². The lowest BCUT2D eigenvalue weighted by atomic mass is 10.0. The van der Waals surface area contributed by atoms with E-state index in [1.807, 2.05) is 12.1 Å². The molecule has 1 N–H and O–H groups in total. The van der Waals surface area contributed by atoms with Gasteiger partial charge in [-0.15, -0.1) is 24.8 Å². The third-order valence-corrected chi connectivity index (χ3v) is 3.53. The number of benzene rings is 1.